The van der Waals surface area contributed by atoms with E-state index in [0.717, 1.165) is 30.4 Å². The highest BCUT2D eigenvalue weighted by Gasteiger charge is 2.33. The van der Waals surface area contributed by atoms with Gasteiger partial charge in [0.2, 0.25) is 0 Å². The van der Waals surface area contributed by atoms with Gasteiger partial charge in [0.1, 0.15) is 5.69 Å². The topological polar surface area (TPSA) is 82.2 Å². The van der Waals surface area contributed by atoms with E-state index < -0.39 is 0 Å². The number of carbonyl (C=O) groups is 1. The zero-order chi connectivity index (χ0) is 22.7. The van der Waals surface area contributed by atoms with Crippen LogP contribution in [-0.2, 0) is 13.2 Å². The summed E-state index contributed by atoms with van der Waals surface area (Å²) < 4.78 is 1.86. The molecule has 0 spiro atoms. The Morgan fingerprint density at radius 2 is 2.00 bits per heavy atom. The van der Waals surface area contributed by atoms with E-state index in [1.54, 1.807) is 24.3 Å². The van der Waals surface area contributed by atoms with Gasteiger partial charge < -0.3 is 10.0 Å². The molecule has 0 radical (unpaired) electrons. The van der Waals surface area contributed by atoms with E-state index >= 15 is 0 Å². The highest BCUT2D eigenvalue weighted by molar-refractivity contribution is 6.30. The Kier molecular flexibility index (Phi) is 6.59. The van der Waals surface area contributed by atoms with E-state index in [2.05, 4.69) is 13.0 Å². The Labute approximate surface area is 192 Å². The molecule has 2 aromatic carbocycles. The van der Waals surface area contributed by atoms with E-state index in [-0.39, 0.29) is 18.6 Å². The van der Waals surface area contributed by atoms with Gasteiger partial charge in [0.05, 0.1) is 30.0 Å². The SMILES string of the molecule is CCCCC1CN(Cc2ccc(C#N)cc2)C(=O)c2cc(-c3ccc(Cl)cc3CO)nn21. The molecular weight excluding hydrogens is 424 g/mol. The Balaban J connectivity index is 1.68. The molecule has 0 bridgehead atoms. The number of benzene rings is 2. The smallest absolute Gasteiger partial charge is 0.272 e. The monoisotopic (exact) mass is 448 g/mol. The largest absolute Gasteiger partial charge is 0.392 e. The number of aliphatic hydroxyl groups is 1. The zero-order valence-electron chi connectivity index (χ0n) is 18.0. The van der Waals surface area contributed by atoms with Crippen LogP contribution in [0.15, 0.2) is 48.5 Å². The third-order valence-electron chi connectivity index (χ3n) is 5.88. The molecule has 0 saturated heterocycles. The van der Waals surface area contributed by atoms with Crippen molar-refractivity contribution >= 4 is 17.5 Å². The van der Waals surface area contributed by atoms with Crippen molar-refractivity contribution in [1.82, 2.24) is 14.7 Å². The fraction of sp³-hybridized carbons (Fsp3) is 0.320. The molecule has 1 amide bonds. The third-order valence-corrected chi connectivity index (χ3v) is 6.12. The van der Waals surface area contributed by atoms with Crippen molar-refractivity contribution in [3.63, 3.8) is 0 Å². The maximum atomic E-state index is 13.4. The fourth-order valence-corrected chi connectivity index (χ4v) is 4.37. The number of unbranched alkanes of at least 4 members (excludes halogenated alkanes) is 1. The number of aliphatic hydroxyl groups excluding tert-OH is 1. The molecule has 6 nitrogen and oxygen atoms in total. The summed E-state index contributed by atoms with van der Waals surface area (Å²) in [7, 11) is 0. The van der Waals surface area contributed by atoms with Crippen molar-refractivity contribution in [2.24, 2.45) is 0 Å². The van der Waals surface area contributed by atoms with E-state index in [1.807, 2.05) is 33.8 Å². The van der Waals surface area contributed by atoms with Gasteiger partial charge in [-0.15, -0.1) is 0 Å². The minimum atomic E-state index is -0.157. The van der Waals surface area contributed by atoms with Crippen molar-refractivity contribution < 1.29 is 9.90 Å². The Hall–Kier alpha value is -3.14. The van der Waals surface area contributed by atoms with Gasteiger partial charge in [-0.3, -0.25) is 9.48 Å². The lowest BCUT2D eigenvalue weighted by Crippen LogP contribution is -2.42. The van der Waals surface area contributed by atoms with Crippen LogP contribution < -0.4 is 0 Å². The third kappa shape index (κ3) is 4.40. The van der Waals surface area contributed by atoms with Crippen LogP contribution in [0.25, 0.3) is 11.3 Å². The molecule has 1 atom stereocenters. The lowest BCUT2D eigenvalue weighted by Gasteiger charge is -2.33. The van der Waals surface area contributed by atoms with Crippen LogP contribution in [0.4, 0.5) is 0 Å². The molecule has 0 saturated carbocycles. The molecule has 1 N–H and O–H groups in total. The van der Waals surface area contributed by atoms with Crippen molar-refractivity contribution in [1.29, 1.82) is 5.26 Å². The van der Waals surface area contributed by atoms with E-state index in [1.165, 1.54) is 0 Å². The first-order chi connectivity index (χ1) is 15.5. The summed E-state index contributed by atoms with van der Waals surface area (Å²) in [5.41, 5.74) is 4.26. The van der Waals surface area contributed by atoms with Gasteiger partial charge in [0, 0.05) is 23.7 Å². The van der Waals surface area contributed by atoms with E-state index in [0.29, 0.717) is 40.6 Å². The molecule has 1 aromatic heterocycles. The summed E-state index contributed by atoms with van der Waals surface area (Å²) in [5, 5.41) is 24.1. The lowest BCUT2D eigenvalue weighted by atomic mass is 10.0. The first-order valence-electron chi connectivity index (χ1n) is 10.8. The minimum Gasteiger partial charge on any atom is -0.392 e. The summed E-state index contributed by atoms with van der Waals surface area (Å²) in [5.74, 6) is -0.0691. The van der Waals surface area contributed by atoms with Gasteiger partial charge in [-0.1, -0.05) is 49.6 Å². The molecule has 32 heavy (non-hydrogen) atoms. The summed E-state index contributed by atoms with van der Waals surface area (Å²) in [6.07, 6.45) is 3.03. The van der Waals surface area contributed by atoms with Crippen LogP contribution in [0.1, 0.15) is 59.4 Å². The van der Waals surface area contributed by atoms with Gasteiger partial charge in [0.25, 0.3) is 5.91 Å². The average molecular weight is 449 g/mol. The van der Waals surface area contributed by atoms with E-state index in [9.17, 15) is 9.90 Å². The maximum absolute atomic E-state index is 13.4. The van der Waals surface area contributed by atoms with Gasteiger partial charge in [-0.05, 0) is 47.9 Å². The van der Waals surface area contributed by atoms with Crippen LogP contribution in [-0.4, -0.2) is 32.2 Å². The first-order valence-corrected chi connectivity index (χ1v) is 11.2. The number of hydrogen-bond acceptors (Lipinski definition) is 4. The molecule has 2 heterocycles. The second kappa shape index (κ2) is 9.56. The lowest BCUT2D eigenvalue weighted by molar-refractivity contribution is 0.0635. The predicted octanol–water partition coefficient (Wildman–Crippen LogP) is 4.95. The van der Waals surface area contributed by atoms with Crippen LogP contribution >= 0.6 is 11.6 Å². The summed E-state index contributed by atoms with van der Waals surface area (Å²) in [4.78, 5) is 15.2. The number of hydrogen-bond donors (Lipinski definition) is 1. The highest BCUT2D eigenvalue weighted by Crippen LogP contribution is 2.32. The number of nitrogens with zero attached hydrogens (tertiary/aromatic N) is 4. The molecule has 0 fully saturated rings. The second-order valence-corrected chi connectivity index (χ2v) is 8.55. The summed E-state index contributed by atoms with van der Waals surface area (Å²) in [6, 6.07) is 16.7. The van der Waals surface area contributed by atoms with Crippen molar-refractivity contribution in [3.05, 3.63) is 75.9 Å². The normalized spacial score (nSPS) is 15.5. The molecule has 1 unspecified atom stereocenters. The Bertz CT molecular complexity index is 1160. The molecule has 4 rings (SSSR count). The van der Waals surface area contributed by atoms with Crippen LogP contribution in [0.2, 0.25) is 5.02 Å². The number of aromatic nitrogens is 2. The number of rotatable bonds is 7. The summed E-state index contributed by atoms with van der Waals surface area (Å²) in [6.45, 7) is 3.06. The predicted molar refractivity (Wildman–Crippen MR) is 123 cm³/mol. The first kappa shape index (κ1) is 22.1. The highest BCUT2D eigenvalue weighted by atomic mass is 35.5. The second-order valence-electron chi connectivity index (χ2n) is 8.11. The van der Waals surface area contributed by atoms with Gasteiger partial charge in [-0.25, -0.2) is 0 Å². The van der Waals surface area contributed by atoms with Gasteiger partial charge in [-0.2, -0.15) is 10.4 Å². The van der Waals surface area contributed by atoms with E-state index in [4.69, 9.17) is 22.0 Å². The molecule has 7 heteroatoms. The number of amides is 1. The number of fused-ring (bicyclic) bond motifs is 1. The van der Waals surface area contributed by atoms with Gasteiger partial charge >= 0.3 is 0 Å². The Morgan fingerprint density at radius 3 is 2.69 bits per heavy atom. The van der Waals surface area contributed by atoms with Crippen LogP contribution in [0.3, 0.4) is 0 Å². The molecule has 1 aliphatic rings. The fourth-order valence-electron chi connectivity index (χ4n) is 4.18. The van der Waals surface area contributed by atoms with Crippen molar-refractivity contribution in [2.45, 2.75) is 45.4 Å². The molecule has 3 aromatic rings. The zero-order valence-corrected chi connectivity index (χ0v) is 18.7. The number of nitriles is 1. The van der Waals surface area contributed by atoms with Crippen molar-refractivity contribution in [2.75, 3.05) is 6.54 Å². The standard InChI is InChI=1S/C25H25ClN4O2/c1-2-3-4-21-15-29(14-18-7-5-17(13-27)6-8-18)25(32)24-12-23(28-30(21)24)22-10-9-20(26)11-19(22)16-31/h5-12,21,31H,2-4,14-16H2,1H3. The van der Waals surface area contributed by atoms with Crippen LogP contribution in [0, 0.1) is 11.3 Å². The molecule has 0 aliphatic carbocycles. The van der Waals surface area contributed by atoms with Crippen molar-refractivity contribution in [3.8, 4) is 17.3 Å². The number of carbonyl (C=O) groups excluding carboxylic acids is 1. The summed E-state index contributed by atoms with van der Waals surface area (Å²) >= 11 is 6.09. The maximum Gasteiger partial charge on any atom is 0.272 e. The molecule has 1 aliphatic heterocycles. The number of halogens is 1. The quantitative estimate of drug-likeness (QED) is 0.554. The van der Waals surface area contributed by atoms with Gasteiger partial charge in [0.15, 0.2) is 0 Å². The molecule has 164 valence electrons. The van der Waals surface area contributed by atoms with Crippen LogP contribution in [0.5, 0.6) is 0 Å². The average Bonchev–Trinajstić information content (AvgIpc) is 3.26. The minimum absolute atomic E-state index is 0.0691. The Morgan fingerprint density at radius 1 is 1.22 bits per heavy atom. The molecular formula is C25H25ClN4O2.